The first-order valence-electron chi connectivity index (χ1n) is 5.33. The first-order valence-corrected chi connectivity index (χ1v) is 7.84. The summed E-state index contributed by atoms with van der Waals surface area (Å²) in [6.07, 6.45) is 6.60. The molecule has 2 aliphatic rings. The van der Waals surface area contributed by atoms with Crippen molar-refractivity contribution in [2.45, 2.75) is 17.2 Å². The Morgan fingerprint density at radius 3 is 2.71 bits per heavy atom. The van der Waals surface area contributed by atoms with Crippen LogP contribution in [0.4, 0.5) is 0 Å². The Balaban J connectivity index is 1.97. The first-order chi connectivity index (χ1) is 8.16. The highest BCUT2D eigenvalue weighted by molar-refractivity contribution is 8.20. The largest absolute Gasteiger partial charge is 0.501 e. The van der Waals surface area contributed by atoms with Crippen LogP contribution in [-0.2, 0) is 0 Å². The third-order valence-corrected chi connectivity index (χ3v) is 5.51. The molecule has 17 heavy (non-hydrogen) atoms. The maximum absolute atomic E-state index is 9.16. The fraction of sp³-hybridized carbons (Fsp3) is 0.455. The third-order valence-electron chi connectivity index (χ3n) is 2.52. The van der Waals surface area contributed by atoms with Crippen molar-refractivity contribution in [3.63, 3.8) is 0 Å². The van der Waals surface area contributed by atoms with Gasteiger partial charge in [-0.3, -0.25) is 4.99 Å². The van der Waals surface area contributed by atoms with E-state index in [1.165, 1.54) is 11.5 Å². The quantitative estimate of drug-likeness (QED) is 0.780. The van der Waals surface area contributed by atoms with Gasteiger partial charge in [0, 0.05) is 23.6 Å². The zero-order valence-electron chi connectivity index (χ0n) is 9.20. The molecule has 1 fully saturated rings. The predicted octanol–water partition coefficient (Wildman–Crippen LogP) is 2.29. The molecule has 0 saturated carbocycles. The molecule has 0 spiro atoms. The van der Waals surface area contributed by atoms with E-state index in [2.05, 4.69) is 17.2 Å². The maximum Gasteiger partial charge on any atom is 0.178 e. The summed E-state index contributed by atoms with van der Waals surface area (Å²) in [5.74, 6) is 2.36. The summed E-state index contributed by atoms with van der Waals surface area (Å²) in [4.78, 5) is 4.65. The molecule has 1 aliphatic carbocycles. The highest BCUT2D eigenvalue weighted by Crippen LogP contribution is 2.33. The minimum Gasteiger partial charge on any atom is -0.501 e. The van der Waals surface area contributed by atoms with Gasteiger partial charge < -0.3 is 10.8 Å². The van der Waals surface area contributed by atoms with E-state index < -0.39 is 6.04 Å². The third kappa shape index (κ3) is 3.58. The lowest BCUT2D eigenvalue weighted by Gasteiger charge is -2.14. The summed E-state index contributed by atoms with van der Waals surface area (Å²) < 4.78 is 0.345. The van der Waals surface area contributed by atoms with Gasteiger partial charge in [0.2, 0.25) is 0 Å². The Kier molecular flexibility index (Phi) is 4.67. The van der Waals surface area contributed by atoms with Crippen molar-refractivity contribution in [2.24, 2.45) is 10.7 Å². The number of thiocarbonyl (C=S) groups is 1. The van der Waals surface area contributed by atoms with E-state index in [1.807, 2.05) is 41.8 Å². The fourth-order valence-corrected chi connectivity index (χ4v) is 4.27. The Morgan fingerprint density at radius 2 is 2.18 bits per heavy atom. The number of hydrogen-bond acceptors (Lipinski definition) is 5. The van der Waals surface area contributed by atoms with Crippen LogP contribution in [-0.4, -0.2) is 38.1 Å². The van der Waals surface area contributed by atoms with Crippen LogP contribution in [0, 0.1) is 0 Å². The van der Waals surface area contributed by atoms with Crippen molar-refractivity contribution in [1.82, 2.24) is 0 Å². The zero-order chi connectivity index (χ0) is 12.3. The second-order valence-electron chi connectivity index (χ2n) is 3.73. The normalized spacial score (nSPS) is 25.0. The lowest BCUT2D eigenvalue weighted by molar-refractivity contribution is 0.543. The van der Waals surface area contributed by atoms with Crippen molar-refractivity contribution < 1.29 is 5.11 Å². The molecular formula is C11H14N2OS3. The number of rotatable bonds is 3. The molecule has 3 N–H and O–H groups in total. The van der Waals surface area contributed by atoms with E-state index in [1.54, 1.807) is 0 Å². The predicted molar refractivity (Wildman–Crippen MR) is 81.2 cm³/mol. The standard InChI is InChI=1S/C11H14N2OS3/c12-9(10(14)15)7-1-3-8(4-2-7)13-11-16-5-6-17-11/h1-3,9,11H,4-6,12H2,(H,14,15). The molecule has 1 unspecified atom stereocenters. The average Bonchev–Trinajstić information content (AvgIpc) is 2.82. The van der Waals surface area contributed by atoms with Crippen molar-refractivity contribution in [3.8, 4) is 0 Å². The van der Waals surface area contributed by atoms with Gasteiger partial charge in [-0.1, -0.05) is 12.2 Å². The lowest BCUT2D eigenvalue weighted by Crippen LogP contribution is -2.31. The van der Waals surface area contributed by atoms with Crippen LogP contribution in [0.5, 0.6) is 0 Å². The van der Waals surface area contributed by atoms with Crippen LogP contribution < -0.4 is 5.73 Å². The molecule has 1 atom stereocenters. The first kappa shape index (κ1) is 13.1. The summed E-state index contributed by atoms with van der Waals surface area (Å²) in [5.41, 5.74) is 7.67. The van der Waals surface area contributed by atoms with Gasteiger partial charge in [-0.2, -0.15) is 0 Å². The number of aliphatic hydroxyl groups is 1. The Hall–Kier alpha value is -0.300. The molecule has 0 aromatic heterocycles. The van der Waals surface area contributed by atoms with E-state index in [-0.39, 0.29) is 5.05 Å². The second-order valence-corrected chi connectivity index (χ2v) is 6.82. The van der Waals surface area contributed by atoms with E-state index >= 15 is 0 Å². The molecule has 1 heterocycles. The highest BCUT2D eigenvalue weighted by Gasteiger charge is 2.17. The number of nitrogens with zero attached hydrogens (tertiary/aromatic N) is 1. The number of hydrogen-bond donors (Lipinski definition) is 2. The number of nitrogens with two attached hydrogens (primary N) is 1. The van der Waals surface area contributed by atoms with E-state index in [4.69, 9.17) is 10.8 Å². The van der Waals surface area contributed by atoms with Gasteiger partial charge in [-0.25, -0.2) is 0 Å². The number of thioether (sulfide) groups is 2. The molecule has 6 heteroatoms. The monoisotopic (exact) mass is 286 g/mol. The topological polar surface area (TPSA) is 58.6 Å². The maximum atomic E-state index is 9.16. The SMILES string of the molecule is NC(C(O)=S)C1=CCC(=NC2SCCS2)C=C1. The molecular weight excluding hydrogens is 272 g/mol. The van der Waals surface area contributed by atoms with Crippen molar-refractivity contribution in [3.05, 3.63) is 23.8 Å². The number of aliphatic hydroxyl groups excluding tert-OH is 1. The molecule has 92 valence electrons. The van der Waals surface area contributed by atoms with Crippen LogP contribution in [0.1, 0.15) is 6.42 Å². The molecule has 0 amide bonds. The minimum atomic E-state index is -0.557. The van der Waals surface area contributed by atoms with Gasteiger partial charge in [0.05, 0.1) is 6.04 Å². The van der Waals surface area contributed by atoms with Crippen molar-refractivity contribution in [2.75, 3.05) is 11.5 Å². The summed E-state index contributed by atoms with van der Waals surface area (Å²) in [6, 6.07) is -0.557. The van der Waals surface area contributed by atoms with E-state index in [9.17, 15) is 0 Å². The Morgan fingerprint density at radius 1 is 1.47 bits per heavy atom. The van der Waals surface area contributed by atoms with Crippen molar-refractivity contribution in [1.29, 1.82) is 0 Å². The van der Waals surface area contributed by atoms with Gasteiger partial charge >= 0.3 is 0 Å². The Labute approximate surface area is 115 Å². The Bertz CT molecular complexity index is 398. The molecule has 1 saturated heterocycles. The highest BCUT2D eigenvalue weighted by atomic mass is 32.2. The molecule has 0 aromatic carbocycles. The summed E-state index contributed by atoms with van der Waals surface area (Å²) in [6.45, 7) is 0. The zero-order valence-corrected chi connectivity index (χ0v) is 11.7. The van der Waals surface area contributed by atoms with Crippen LogP contribution in [0.2, 0.25) is 0 Å². The molecule has 1 aliphatic heterocycles. The second kappa shape index (κ2) is 6.04. The summed E-state index contributed by atoms with van der Waals surface area (Å²) in [5, 5.41) is 9.00. The van der Waals surface area contributed by atoms with Crippen LogP contribution in [0.15, 0.2) is 28.8 Å². The van der Waals surface area contributed by atoms with E-state index in [0.717, 1.165) is 17.7 Å². The van der Waals surface area contributed by atoms with Crippen molar-refractivity contribution >= 4 is 46.5 Å². The number of aliphatic imine (C=N–C) groups is 1. The molecule has 0 bridgehead atoms. The molecule has 0 aromatic rings. The van der Waals surface area contributed by atoms with Gasteiger partial charge in [0.1, 0.15) is 4.71 Å². The number of allylic oxidation sites excluding steroid dienone is 2. The molecule has 0 radical (unpaired) electrons. The minimum absolute atomic E-state index is 0.164. The smallest absolute Gasteiger partial charge is 0.178 e. The fourth-order valence-electron chi connectivity index (χ4n) is 1.58. The summed E-state index contributed by atoms with van der Waals surface area (Å²) >= 11 is 8.43. The van der Waals surface area contributed by atoms with Gasteiger partial charge in [0.25, 0.3) is 0 Å². The molecule has 2 rings (SSSR count). The van der Waals surface area contributed by atoms with Gasteiger partial charge in [-0.15, -0.1) is 23.5 Å². The lowest BCUT2D eigenvalue weighted by atomic mass is 10.0. The van der Waals surface area contributed by atoms with Gasteiger partial charge in [-0.05, 0) is 23.9 Å². The van der Waals surface area contributed by atoms with Crippen LogP contribution in [0.25, 0.3) is 0 Å². The average molecular weight is 286 g/mol. The van der Waals surface area contributed by atoms with Gasteiger partial charge in [0.15, 0.2) is 5.05 Å². The summed E-state index contributed by atoms with van der Waals surface area (Å²) in [7, 11) is 0. The molecule has 3 nitrogen and oxygen atoms in total. The van der Waals surface area contributed by atoms with Crippen LogP contribution >= 0.6 is 35.7 Å². The van der Waals surface area contributed by atoms with Crippen LogP contribution in [0.3, 0.4) is 0 Å². The van der Waals surface area contributed by atoms with E-state index in [0.29, 0.717) is 4.71 Å².